The maximum absolute atomic E-state index is 13.6. The molecule has 0 spiro atoms. The molecule has 0 aliphatic heterocycles. The van der Waals surface area contributed by atoms with E-state index in [0.717, 1.165) is 6.07 Å². The van der Waals surface area contributed by atoms with E-state index in [1.165, 1.54) is 12.1 Å². The monoisotopic (exact) mass is 356 g/mol. The average molecular weight is 357 g/mol. The molecule has 0 radical (unpaired) electrons. The third-order valence-corrected chi connectivity index (χ3v) is 3.35. The molecule has 0 fully saturated rings. The van der Waals surface area contributed by atoms with Crippen molar-refractivity contribution in [3.63, 3.8) is 0 Å². The Kier molecular flexibility index (Phi) is 4.66. The van der Waals surface area contributed by atoms with Gasteiger partial charge in [0.05, 0.1) is 16.3 Å². The molecule has 6 nitrogen and oxygen atoms in total. The van der Waals surface area contributed by atoms with E-state index in [-0.39, 0.29) is 5.69 Å². The quantitative estimate of drug-likeness (QED) is 0.466. The van der Waals surface area contributed by atoms with Crippen molar-refractivity contribution in [3.8, 4) is 11.4 Å². The van der Waals surface area contributed by atoms with Gasteiger partial charge in [0.2, 0.25) is 0 Å². The van der Waals surface area contributed by atoms with Crippen LogP contribution in [0.2, 0.25) is 0 Å². The second-order valence-corrected chi connectivity index (χ2v) is 5.59. The van der Waals surface area contributed by atoms with Gasteiger partial charge in [0.25, 0.3) is 5.69 Å². The van der Waals surface area contributed by atoms with Gasteiger partial charge in [-0.2, -0.15) is 0 Å². The van der Waals surface area contributed by atoms with Gasteiger partial charge >= 0.3 is 0 Å². The summed E-state index contributed by atoms with van der Waals surface area (Å²) in [6, 6.07) is 3.42. The molecular formula is C13H14BrFN4O2. The van der Waals surface area contributed by atoms with Crippen LogP contribution in [-0.2, 0) is 11.9 Å². The molecule has 0 amide bonds. The number of benzene rings is 1. The smallest absolute Gasteiger partial charge is 0.273 e. The number of alkyl halides is 1. The van der Waals surface area contributed by atoms with Gasteiger partial charge in [-0.05, 0) is 12.0 Å². The van der Waals surface area contributed by atoms with Crippen LogP contribution in [0.3, 0.4) is 0 Å². The molecule has 0 aliphatic rings. The summed E-state index contributed by atoms with van der Waals surface area (Å²) in [6.07, 6.45) is 0. The Morgan fingerprint density at radius 1 is 1.38 bits per heavy atom. The third kappa shape index (κ3) is 3.44. The minimum absolute atomic E-state index is 0.301. The molecule has 0 atom stereocenters. The minimum Gasteiger partial charge on any atom is -0.310 e. The van der Waals surface area contributed by atoms with Gasteiger partial charge in [-0.1, -0.05) is 29.8 Å². The van der Waals surface area contributed by atoms with Crippen LogP contribution in [-0.4, -0.2) is 19.7 Å². The summed E-state index contributed by atoms with van der Waals surface area (Å²) in [5.74, 6) is 0.797. The summed E-state index contributed by atoms with van der Waals surface area (Å²) in [4.78, 5) is 10.2. The highest BCUT2D eigenvalue weighted by Crippen LogP contribution is 2.26. The Hall–Kier alpha value is -1.83. The van der Waals surface area contributed by atoms with Crippen molar-refractivity contribution in [3.05, 3.63) is 40.0 Å². The molecule has 21 heavy (non-hydrogen) atoms. The summed E-state index contributed by atoms with van der Waals surface area (Å²) in [6.45, 7) is 4.72. The van der Waals surface area contributed by atoms with Crippen molar-refractivity contribution in [2.75, 3.05) is 0 Å². The Balaban J connectivity index is 2.56. The Morgan fingerprint density at radius 3 is 2.67 bits per heavy atom. The number of nitro benzene ring substituents is 1. The van der Waals surface area contributed by atoms with Crippen molar-refractivity contribution >= 4 is 21.6 Å². The van der Waals surface area contributed by atoms with Gasteiger partial charge in [0.15, 0.2) is 5.82 Å². The Bertz CT molecular complexity index is 672. The Morgan fingerprint density at radius 2 is 2.10 bits per heavy atom. The summed E-state index contributed by atoms with van der Waals surface area (Å²) < 4.78 is 15.4. The maximum atomic E-state index is 13.6. The van der Waals surface area contributed by atoms with Gasteiger partial charge in [0.1, 0.15) is 11.6 Å². The van der Waals surface area contributed by atoms with Crippen molar-refractivity contribution in [1.29, 1.82) is 0 Å². The fraction of sp³-hybridized carbons (Fsp3) is 0.385. The van der Waals surface area contributed by atoms with Crippen LogP contribution in [0.25, 0.3) is 11.4 Å². The number of hydrogen-bond acceptors (Lipinski definition) is 4. The van der Waals surface area contributed by atoms with E-state index in [4.69, 9.17) is 0 Å². The van der Waals surface area contributed by atoms with Crippen LogP contribution in [0.4, 0.5) is 10.1 Å². The summed E-state index contributed by atoms with van der Waals surface area (Å²) in [7, 11) is 0. The number of nitro groups is 1. The van der Waals surface area contributed by atoms with Gasteiger partial charge in [0, 0.05) is 18.2 Å². The zero-order valence-electron chi connectivity index (χ0n) is 11.6. The fourth-order valence-corrected chi connectivity index (χ4v) is 2.43. The molecule has 1 aromatic carbocycles. The molecule has 1 aromatic heterocycles. The number of aromatic nitrogens is 3. The topological polar surface area (TPSA) is 73.8 Å². The number of non-ortho nitro benzene ring substituents is 1. The van der Waals surface area contributed by atoms with Crippen LogP contribution in [0, 0.1) is 21.8 Å². The molecule has 0 saturated carbocycles. The molecule has 0 unspecified atom stereocenters. The molecule has 2 rings (SSSR count). The lowest BCUT2D eigenvalue weighted by Gasteiger charge is -2.11. The Labute approximate surface area is 129 Å². The lowest BCUT2D eigenvalue weighted by Crippen LogP contribution is -2.09. The van der Waals surface area contributed by atoms with Gasteiger partial charge in [-0.3, -0.25) is 10.1 Å². The fourth-order valence-electron chi connectivity index (χ4n) is 2.01. The van der Waals surface area contributed by atoms with E-state index in [1.807, 2.05) is 18.4 Å². The zero-order valence-corrected chi connectivity index (χ0v) is 13.2. The standard InChI is InChI=1S/C13H14BrFN4O2/c1-8(2)7-18-12(6-14)16-17-13(18)9-3-10(15)5-11(4-9)19(20)21/h3-5,8H,6-7H2,1-2H3. The van der Waals surface area contributed by atoms with E-state index >= 15 is 0 Å². The molecule has 2 aromatic rings. The molecule has 0 N–H and O–H groups in total. The lowest BCUT2D eigenvalue weighted by atomic mass is 10.1. The van der Waals surface area contributed by atoms with E-state index in [9.17, 15) is 14.5 Å². The first-order valence-electron chi connectivity index (χ1n) is 6.35. The summed E-state index contributed by atoms with van der Waals surface area (Å²) in [5, 5.41) is 19.4. The first-order valence-corrected chi connectivity index (χ1v) is 7.48. The average Bonchev–Trinajstić information content (AvgIpc) is 2.80. The van der Waals surface area contributed by atoms with Crippen LogP contribution in [0.1, 0.15) is 19.7 Å². The summed E-state index contributed by atoms with van der Waals surface area (Å²) >= 11 is 3.33. The van der Waals surface area contributed by atoms with E-state index in [2.05, 4.69) is 26.1 Å². The van der Waals surface area contributed by atoms with Crippen LogP contribution < -0.4 is 0 Å². The largest absolute Gasteiger partial charge is 0.310 e. The van der Waals surface area contributed by atoms with Crippen molar-refractivity contribution in [2.45, 2.75) is 25.7 Å². The molecular weight excluding hydrogens is 343 g/mol. The van der Waals surface area contributed by atoms with Crippen LogP contribution in [0.5, 0.6) is 0 Å². The second-order valence-electron chi connectivity index (χ2n) is 5.03. The SMILES string of the molecule is CC(C)Cn1c(CBr)nnc1-c1cc(F)cc([N+](=O)[O-])c1. The first-order chi connectivity index (χ1) is 9.92. The van der Waals surface area contributed by atoms with Crippen molar-refractivity contribution < 1.29 is 9.31 Å². The molecule has 8 heteroatoms. The van der Waals surface area contributed by atoms with Gasteiger partial charge in [-0.15, -0.1) is 10.2 Å². The molecule has 1 heterocycles. The number of nitrogens with zero attached hydrogens (tertiary/aromatic N) is 4. The second kappa shape index (κ2) is 6.30. The molecule has 0 saturated heterocycles. The number of halogens is 2. The highest BCUT2D eigenvalue weighted by atomic mass is 79.9. The predicted octanol–water partition coefficient (Wildman–Crippen LogP) is 3.54. The van der Waals surface area contributed by atoms with E-state index < -0.39 is 10.7 Å². The van der Waals surface area contributed by atoms with Crippen LogP contribution in [0.15, 0.2) is 18.2 Å². The van der Waals surface area contributed by atoms with Crippen LogP contribution >= 0.6 is 15.9 Å². The number of hydrogen-bond donors (Lipinski definition) is 0. The summed E-state index contributed by atoms with van der Waals surface area (Å²) in [5.41, 5.74) is 0.0477. The van der Waals surface area contributed by atoms with E-state index in [1.54, 1.807) is 0 Å². The zero-order chi connectivity index (χ0) is 15.6. The molecule has 0 bridgehead atoms. The van der Waals surface area contributed by atoms with Gasteiger partial charge < -0.3 is 4.57 Å². The highest BCUT2D eigenvalue weighted by Gasteiger charge is 2.18. The number of rotatable bonds is 5. The predicted molar refractivity (Wildman–Crippen MR) is 79.5 cm³/mol. The van der Waals surface area contributed by atoms with Crippen molar-refractivity contribution in [2.24, 2.45) is 5.92 Å². The maximum Gasteiger partial charge on any atom is 0.273 e. The lowest BCUT2D eigenvalue weighted by molar-refractivity contribution is -0.385. The third-order valence-electron chi connectivity index (χ3n) is 2.85. The first kappa shape index (κ1) is 15.6. The van der Waals surface area contributed by atoms with E-state index in [0.29, 0.717) is 35.0 Å². The van der Waals surface area contributed by atoms with Crippen molar-refractivity contribution in [1.82, 2.24) is 14.8 Å². The minimum atomic E-state index is -0.668. The normalized spacial score (nSPS) is 11.1. The molecule has 112 valence electrons. The molecule has 0 aliphatic carbocycles. The highest BCUT2D eigenvalue weighted by molar-refractivity contribution is 9.08. The van der Waals surface area contributed by atoms with Gasteiger partial charge in [-0.25, -0.2) is 4.39 Å².